The van der Waals surface area contributed by atoms with Crippen LogP contribution in [-0.4, -0.2) is 15.0 Å². The first-order chi connectivity index (χ1) is 17.5. The highest BCUT2D eigenvalue weighted by Crippen LogP contribution is 2.34. The summed E-state index contributed by atoms with van der Waals surface area (Å²) >= 11 is 1.41. The van der Waals surface area contributed by atoms with Crippen LogP contribution in [0.25, 0.3) is 6.08 Å². The Bertz CT molecular complexity index is 1510. The van der Waals surface area contributed by atoms with E-state index < -0.39 is 5.92 Å². The Morgan fingerprint density at radius 2 is 1.81 bits per heavy atom. The van der Waals surface area contributed by atoms with Crippen molar-refractivity contribution in [3.8, 4) is 18.2 Å². The van der Waals surface area contributed by atoms with Crippen LogP contribution in [0.15, 0.2) is 60.4 Å². The monoisotopic (exact) mass is 487 g/mol. The maximum absolute atomic E-state index is 10.0. The van der Waals surface area contributed by atoms with Crippen LogP contribution in [0.5, 0.6) is 0 Å². The van der Waals surface area contributed by atoms with Gasteiger partial charge in [0.25, 0.3) is 0 Å². The average molecular weight is 488 g/mol. The molecule has 0 radical (unpaired) electrons. The molecule has 0 aliphatic heterocycles. The van der Waals surface area contributed by atoms with Gasteiger partial charge in [-0.2, -0.15) is 15.8 Å². The molecule has 4 aromatic rings. The molecule has 0 aliphatic rings. The van der Waals surface area contributed by atoms with E-state index in [9.17, 15) is 5.26 Å². The van der Waals surface area contributed by atoms with Crippen LogP contribution in [0.1, 0.15) is 50.0 Å². The molecule has 4 rings (SSSR count). The number of thiazole rings is 1. The highest BCUT2D eigenvalue weighted by molar-refractivity contribution is 7.09. The molecule has 0 aliphatic carbocycles. The Kier molecular flexibility index (Phi) is 7.46. The number of nitrogens with one attached hydrogen (secondary N) is 1. The third-order valence-corrected chi connectivity index (χ3v) is 6.48. The normalized spacial score (nSPS) is 11.4. The molecular weight excluding hydrogens is 466 g/mol. The maximum Gasteiger partial charge on any atom is 0.139 e. The number of nitriles is 3. The molecule has 36 heavy (non-hydrogen) atoms. The average Bonchev–Trinajstić information content (AvgIpc) is 3.41. The molecule has 0 saturated carbocycles. The number of nitrogens with zero attached hydrogens (tertiary/aromatic N) is 6. The molecule has 0 spiro atoms. The summed E-state index contributed by atoms with van der Waals surface area (Å²) < 4.78 is 0. The van der Waals surface area contributed by atoms with Gasteiger partial charge >= 0.3 is 0 Å². The van der Waals surface area contributed by atoms with Gasteiger partial charge in [-0.25, -0.2) is 9.97 Å². The van der Waals surface area contributed by atoms with Gasteiger partial charge in [0.15, 0.2) is 0 Å². The maximum atomic E-state index is 10.0. The minimum Gasteiger partial charge on any atom is -0.339 e. The van der Waals surface area contributed by atoms with Crippen LogP contribution in [0.4, 0.5) is 11.5 Å². The fraction of sp³-hybridized carbons (Fsp3) is 0.143. The third kappa shape index (κ3) is 5.45. The SMILES string of the molecule is Cc1cc(/C=C/C#N)cc(C)c1Nc1nc(Cc2ccc(C#N)cc2)ncc1C(C#N)c1cncs1. The summed E-state index contributed by atoms with van der Waals surface area (Å²) in [7, 11) is 0. The summed E-state index contributed by atoms with van der Waals surface area (Å²) in [6, 6.07) is 17.8. The zero-order chi connectivity index (χ0) is 25.5. The van der Waals surface area contributed by atoms with Crippen molar-refractivity contribution in [1.82, 2.24) is 15.0 Å². The Morgan fingerprint density at radius 1 is 1.06 bits per heavy atom. The molecule has 2 heterocycles. The van der Waals surface area contributed by atoms with E-state index in [0.717, 1.165) is 32.8 Å². The van der Waals surface area contributed by atoms with Crippen molar-refractivity contribution in [3.63, 3.8) is 0 Å². The van der Waals surface area contributed by atoms with Crippen molar-refractivity contribution < 1.29 is 0 Å². The molecule has 8 heteroatoms. The first-order valence-corrected chi connectivity index (χ1v) is 12.0. The second-order valence-corrected chi connectivity index (χ2v) is 9.08. The smallest absolute Gasteiger partial charge is 0.139 e. The Balaban J connectivity index is 1.76. The van der Waals surface area contributed by atoms with E-state index in [-0.39, 0.29) is 0 Å². The zero-order valence-electron chi connectivity index (χ0n) is 19.7. The fourth-order valence-electron chi connectivity index (χ4n) is 3.90. The van der Waals surface area contributed by atoms with Gasteiger partial charge in [0, 0.05) is 41.0 Å². The molecule has 1 atom stereocenters. The predicted molar refractivity (Wildman–Crippen MR) is 139 cm³/mol. The van der Waals surface area contributed by atoms with E-state index in [4.69, 9.17) is 15.5 Å². The van der Waals surface area contributed by atoms with Crippen molar-refractivity contribution in [2.45, 2.75) is 26.2 Å². The van der Waals surface area contributed by atoms with Gasteiger partial charge in [0.1, 0.15) is 17.6 Å². The number of rotatable bonds is 7. The summed E-state index contributed by atoms with van der Waals surface area (Å²) in [5, 5.41) is 31.4. The van der Waals surface area contributed by atoms with Crippen LogP contribution < -0.4 is 5.32 Å². The van der Waals surface area contributed by atoms with Crippen molar-refractivity contribution in [2.75, 3.05) is 5.32 Å². The lowest BCUT2D eigenvalue weighted by Crippen LogP contribution is -2.09. The summed E-state index contributed by atoms with van der Waals surface area (Å²) in [6.45, 7) is 3.98. The van der Waals surface area contributed by atoms with Crippen molar-refractivity contribution in [1.29, 1.82) is 15.8 Å². The predicted octanol–water partition coefficient (Wildman–Crippen LogP) is 5.95. The van der Waals surface area contributed by atoms with E-state index >= 15 is 0 Å². The molecular formula is C28H21N7S. The molecule has 0 amide bonds. The van der Waals surface area contributed by atoms with Crippen molar-refractivity contribution in [3.05, 3.63) is 104 Å². The number of hydrogen-bond donors (Lipinski definition) is 1. The number of hydrogen-bond acceptors (Lipinski definition) is 8. The van der Waals surface area contributed by atoms with Crippen LogP contribution in [0.2, 0.25) is 0 Å². The summed E-state index contributed by atoms with van der Waals surface area (Å²) in [5.41, 5.74) is 7.72. The number of benzene rings is 2. The second kappa shape index (κ2) is 11.1. The van der Waals surface area contributed by atoms with Gasteiger partial charge in [-0.1, -0.05) is 12.1 Å². The van der Waals surface area contributed by atoms with E-state index in [1.54, 1.807) is 36.1 Å². The third-order valence-electron chi connectivity index (χ3n) is 5.64. The molecule has 7 nitrogen and oxygen atoms in total. The van der Waals surface area contributed by atoms with E-state index in [1.165, 1.54) is 17.4 Å². The van der Waals surface area contributed by atoms with Gasteiger partial charge in [0.2, 0.25) is 0 Å². The first-order valence-electron chi connectivity index (χ1n) is 11.1. The van der Waals surface area contributed by atoms with Crippen molar-refractivity contribution in [2.24, 2.45) is 0 Å². The van der Waals surface area contributed by atoms with E-state index in [0.29, 0.717) is 29.2 Å². The zero-order valence-corrected chi connectivity index (χ0v) is 20.5. The van der Waals surface area contributed by atoms with Crippen LogP contribution >= 0.6 is 11.3 Å². The van der Waals surface area contributed by atoms with Crippen molar-refractivity contribution >= 4 is 28.9 Å². The largest absolute Gasteiger partial charge is 0.339 e. The molecule has 0 fully saturated rings. The molecule has 174 valence electrons. The minimum absolute atomic E-state index is 0.480. The molecule has 0 saturated heterocycles. The summed E-state index contributed by atoms with van der Waals surface area (Å²) in [6.07, 6.45) is 7.10. The first kappa shape index (κ1) is 24.3. The molecule has 1 N–H and O–H groups in total. The molecule has 0 bridgehead atoms. The quantitative estimate of drug-likeness (QED) is 0.320. The Labute approximate surface area is 213 Å². The second-order valence-electron chi connectivity index (χ2n) is 8.16. The summed E-state index contributed by atoms with van der Waals surface area (Å²) in [5.74, 6) is 0.582. The Hall–Kier alpha value is -4.84. The molecule has 2 aromatic heterocycles. The highest BCUT2D eigenvalue weighted by Gasteiger charge is 2.22. The standard InChI is InChI=1S/C28H21N7S/c1-18-10-22(4-3-9-29)11-19(2)27(18)35-28-24(23(14-31)25-16-32-17-36-25)15-33-26(34-28)12-20-5-7-21(13-30)8-6-20/h3-8,10-11,15-17,23H,12H2,1-2H3,(H,33,34,35)/b4-3+. The number of anilines is 2. The highest BCUT2D eigenvalue weighted by atomic mass is 32.1. The Morgan fingerprint density at radius 3 is 2.42 bits per heavy atom. The minimum atomic E-state index is -0.567. The lowest BCUT2D eigenvalue weighted by molar-refractivity contribution is 0.927. The van der Waals surface area contributed by atoms with Gasteiger partial charge < -0.3 is 5.32 Å². The van der Waals surface area contributed by atoms with Gasteiger partial charge in [-0.3, -0.25) is 4.98 Å². The fourth-order valence-corrected chi connectivity index (χ4v) is 4.58. The summed E-state index contributed by atoms with van der Waals surface area (Å²) in [4.78, 5) is 14.3. The molecule has 2 aromatic carbocycles. The topological polar surface area (TPSA) is 122 Å². The van der Waals surface area contributed by atoms with E-state index in [1.807, 2.05) is 44.2 Å². The van der Waals surface area contributed by atoms with Crippen LogP contribution in [0.3, 0.4) is 0 Å². The van der Waals surface area contributed by atoms with Gasteiger partial charge in [-0.15, -0.1) is 11.3 Å². The lowest BCUT2D eigenvalue weighted by Gasteiger charge is -2.18. The van der Waals surface area contributed by atoms with Crippen LogP contribution in [0, 0.1) is 47.8 Å². The molecule has 1 unspecified atom stereocenters. The van der Waals surface area contributed by atoms with E-state index in [2.05, 4.69) is 27.4 Å². The van der Waals surface area contributed by atoms with Gasteiger partial charge in [0.05, 0.1) is 29.3 Å². The number of allylic oxidation sites excluding steroid dienone is 1. The lowest BCUT2D eigenvalue weighted by atomic mass is 10.00. The number of aryl methyl sites for hydroxylation is 2. The number of aromatic nitrogens is 3. The van der Waals surface area contributed by atoms with Gasteiger partial charge in [-0.05, 0) is 66.4 Å². The van der Waals surface area contributed by atoms with Crippen LogP contribution in [-0.2, 0) is 6.42 Å².